The maximum atomic E-state index is 12.3. The predicted molar refractivity (Wildman–Crippen MR) is 118 cm³/mol. The number of nitro groups is 1. The van der Waals surface area contributed by atoms with Crippen molar-refractivity contribution in [2.24, 2.45) is 5.10 Å². The number of esters is 1. The first-order valence-corrected chi connectivity index (χ1v) is 9.75. The molecule has 3 aromatic rings. The van der Waals surface area contributed by atoms with E-state index >= 15 is 0 Å². The highest BCUT2D eigenvalue weighted by atomic mass is 16.6. The number of methoxy groups -OCH3 is 1. The number of aryl methyl sites for hydroxylation is 1. The van der Waals surface area contributed by atoms with E-state index in [2.05, 4.69) is 15.6 Å². The second kappa shape index (κ2) is 10.2. The van der Waals surface area contributed by atoms with E-state index in [0.717, 1.165) is 0 Å². The molecule has 0 fully saturated rings. The molecule has 0 aliphatic rings. The van der Waals surface area contributed by atoms with Gasteiger partial charge in [-0.2, -0.15) is 10.2 Å². The van der Waals surface area contributed by atoms with Gasteiger partial charge in [-0.15, -0.1) is 0 Å². The van der Waals surface area contributed by atoms with Crippen molar-refractivity contribution in [2.45, 2.75) is 20.4 Å². The van der Waals surface area contributed by atoms with Gasteiger partial charge in [-0.3, -0.25) is 19.6 Å². The van der Waals surface area contributed by atoms with E-state index < -0.39 is 16.8 Å². The summed E-state index contributed by atoms with van der Waals surface area (Å²) >= 11 is 0. The Morgan fingerprint density at radius 2 is 1.91 bits per heavy atom. The smallest absolute Gasteiger partial charge is 0.343 e. The molecule has 170 valence electrons. The van der Waals surface area contributed by atoms with E-state index in [4.69, 9.17) is 9.47 Å². The van der Waals surface area contributed by atoms with Crippen LogP contribution in [-0.2, 0) is 11.3 Å². The minimum atomic E-state index is -0.529. The van der Waals surface area contributed by atoms with Crippen LogP contribution in [0.4, 0.5) is 5.69 Å². The standard InChI is InChI=1S/C22H21N5O6/c1-14-21(27(30)31)15(2)26(25-14)13-20(28)24-23-12-16-9-10-18(19(11-16)32-3)33-22(29)17-7-5-4-6-8-17/h4-12H,13H2,1-3H3,(H,24,28)/b23-12+. The quantitative estimate of drug-likeness (QED) is 0.183. The van der Waals surface area contributed by atoms with Crippen LogP contribution in [0.1, 0.15) is 27.3 Å². The van der Waals surface area contributed by atoms with Gasteiger partial charge in [0.2, 0.25) is 0 Å². The number of ether oxygens (including phenoxy) is 2. The van der Waals surface area contributed by atoms with Gasteiger partial charge >= 0.3 is 11.7 Å². The summed E-state index contributed by atoms with van der Waals surface area (Å²) in [7, 11) is 1.44. The third kappa shape index (κ3) is 5.58. The third-order valence-corrected chi connectivity index (χ3v) is 4.62. The summed E-state index contributed by atoms with van der Waals surface area (Å²) in [5.74, 6) is -0.484. The molecule has 0 aliphatic heterocycles. The van der Waals surface area contributed by atoms with Gasteiger partial charge in [-0.05, 0) is 49.7 Å². The highest BCUT2D eigenvalue weighted by Gasteiger charge is 2.22. The molecule has 1 aromatic heterocycles. The normalized spacial score (nSPS) is 10.8. The molecule has 1 heterocycles. The van der Waals surface area contributed by atoms with Crippen LogP contribution < -0.4 is 14.9 Å². The molecule has 1 N–H and O–H groups in total. The van der Waals surface area contributed by atoms with Crippen LogP contribution in [0.15, 0.2) is 53.6 Å². The number of aromatic nitrogens is 2. The van der Waals surface area contributed by atoms with E-state index in [-0.39, 0.29) is 29.4 Å². The van der Waals surface area contributed by atoms with Gasteiger partial charge in [0.25, 0.3) is 5.91 Å². The van der Waals surface area contributed by atoms with Crippen molar-refractivity contribution in [2.75, 3.05) is 7.11 Å². The number of nitrogens with zero attached hydrogens (tertiary/aromatic N) is 4. The molecule has 3 rings (SSSR count). The predicted octanol–water partition coefficient (Wildman–Crippen LogP) is 2.79. The molecule has 0 atom stereocenters. The third-order valence-electron chi connectivity index (χ3n) is 4.62. The average Bonchev–Trinajstić information content (AvgIpc) is 3.07. The number of rotatable bonds is 8. The van der Waals surface area contributed by atoms with E-state index in [1.165, 1.54) is 31.9 Å². The Balaban J connectivity index is 1.63. The first-order chi connectivity index (χ1) is 15.8. The number of hydrogen-bond donors (Lipinski definition) is 1. The molecule has 0 radical (unpaired) electrons. The lowest BCUT2D eigenvalue weighted by atomic mass is 10.2. The molecule has 11 nitrogen and oxygen atoms in total. The van der Waals surface area contributed by atoms with Crippen LogP contribution in [0, 0.1) is 24.0 Å². The van der Waals surface area contributed by atoms with Crippen molar-refractivity contribution >= 4 is 23.8 Å². The monoisotopic (exact) mass is 451 g/mol. The largest absolute Gasteiger partial charge is 0.493 e. The van der Waals surface area contributed by atoms with Gasteiger partial charge in [-0.1, -0.05) is 18.2 Å². The zero-order chi connectivity index (χ0) is 24.0. The summed E-state index contributed by atoms with van der Waals surface area (Å²) in [5.41, 5.74) is 3.72. The summed E-state index contributed by atoms with van der Waals surface area (Å²) in [4.78, 5) is 34.9. The van der Waals surface area contributed by atoms with Crippen molar-refractivity contribution in [1.29, 1.82) is 0 Å². The molecule has 0 bridgehead atoms. The number of carbonyl (C=O) groups excluding carboxylic acids is 2. The van der Waals surface area contributed by atoms with Gasteiger partial charge in [0, 0.05) is 0 Å². The maximum Gasteiger partial charge on any atom is 0.343 e. The highest BCUT2D eigenvalue weighted by Crippen LogP contribution is 2.28. The summed E-state index contributed by atoms with van der Waals surface area (Å²) < 4.78 is 11.9. The van der Waals surface area contributed by atoms with Crippen LogP contribution in [0.25, 0.3) is 0 Å². The molecule has 33 heavy (non-hydrogen) atoms. The molecule has 0 spiro atoms. The van der Waals surface area contributed by atoms with E-state index in [1.54, 1.807) is 48.5 Å². The summed E-state index contributed by atoms with van der Waals surface area (Å²) in [6.07, 6.45) is 1.38. The molecule has 1 amide bonds. The van der Waals surface area contributed by atoms with Gasteiger partial charge in [0.1, 0.15) is 17.9 Å². The Bertz CT molecular complexity index is 1220. The van der Waals surface area contributed by atoms with E-state index in [9.17, 15) is 19.7 Å². The molecular weight excluding hydrogens is 430 g/mol. The van der Waals surface area contributed by atoms with Gasteiger partial charge < -0.3 is 9.47 Å². The number of hydrazone groups is 1. The van der Waals surface area contributed by atoms with Crippen LogP contribution in [0.2, 0.25) is 0 Å². The van der Waals surface area contributed by atoms with Crippen molar-refractivity contribution in [3.05, 3.63) is 81.2 Å². The lowest BCUT2D eigenvalue weighted by Gasteiger charge is -2.10. The second-order valence-electron chi connectivity index (χ2n) is 6.89. The van der Waals surface area contributed by atoms with E-state index in [0.29, 0.717) is 16.9 Å². The number of amides is 1. The first-order valence-electron chi connectivity index (χ1n) is 9.75. The van der Waals surface area contributed by atoms with Gasteiger partial charge in [0.05, 0.1) is 23.8 Å². The van der Waals surface area contributed by atoms with Crippen LogP contribution in [0.5, 0.6) is 11.5 Å². The number of hydrogen-bond acceptors (Lipinski definition) is 8. The number of benzene rings is 2. The Morgan fingerprint density at radius 1 is 1.18 bits per heavy atom. The molecule has 0 saturated carbocycles. The van der Waals surface area contributed by atoms with Gasteiger partial charge in [0.15, 0.2) is 11.5 Å². The molecule has 0 aliphatic carbocycles. The number of carbonyl (C=O) groups is 2. The first kappa shape index (κ1) is 23.1. The average molecular weight is 451 g/mol. The summed E-state index contributed by atoms with van der Waals surface area (Å²) in [6.45, 7) is 2.80. The van der Waals surface area contributed by atoms with Crippen molar-refractivity contribution in [3.8, 4) is 11.5 Å². The molecular formula is C22H21N5O6. The number of nitrogens with one attached hydrogen (secondary N) is 1. The van der Waals surface area contributed by atoms with Crippen molar-refractivity contribution < 1.29 is 24.0 Å². The zero-order valence-corrected chi connectivity index (χ0v) is 18.1. The zero-order valence-electron chi connectivity index (χ0n) is 18.1. The van der Waals surface area contributed by atoms with Crippen LogP contribution in [-0.4, -0.2) is 39.9 Å². The fourth-order valence-electron chi connectivity index (χ4n) is 3.04. The minimum Gasteiger partial charge on any atom is -0.493 e. The molecule has 0 saturated heterocycles. The van der Waals surface area contributed by atoms with Crippen LogP contribution in [0.3, 0.4) is 0 Å². The molecule has 11 heteroatoms. The fourth-order valence-corrected chi connectivity index (χ4v) is 3.04. The van der Waals surface area contributed by atoms with Crippen LogP contribution >= 0.6 is 0 Å². The highest BCUT2D eigenvalue weighted by molar-refractivity contribution is 5.91. The SMILES string of the molecule is COc1cc(/C=N/NC(=O)Cn2nc(C)c([N+](=O)[O-])c2C)ccc1OC(=O)c1ccccc1. The Kier molecular flexibility index (Phi) is 7.13. The Morgan fingerprint density at radius 3 is 2.55 bits per heavy atom. The lowest BCUT2D eigenvalue weighted by Crippen LogP contribution is -2.24. The van der Waals surface area contributed by atoms with Crippen molar-refractivity contribution in [3.63, 3.8) is 0 Å². The van der Waals surface area contributed by atoms with E-state index in [1.807, 2.05) is 0 Å². The second-order valence-corrected chi connectivity index (χ2v) is 6.89. The Hall–Kier alpha value is -4.54. The van der Waals surface area contributed by atoms with Gasteiger partial charge in [-0.25, -0.2) is 10.2 Å². The topological polar surface area (TPSA) is 138 Å². The minimum absolute atomic E-state index is 0.119. The van der Waals surface area contributed by atoms with Crippen molar-refractivity contribution in [1.82, 2.24) is 15.2 Å². The fraction of sp³-hybridized carbons (Fsp3) is 0.182. The molecule has 2 aromatic carbocycles. The maximum absolute atomic E-state index is 12.3. The summed E-state index contributed by atoms with van der Waals surface area (Å²) in [5, 5.41) is 19.0. The Labute approximate surface area is 188 Å². The lowest BCUT2D eigenvalue weighted by molar-refractivity contribution is -0.386. The molecule has 0 unspecified atom stereocenters. The summed E-state index contributed by atoms with van der Waals surface area (Å²) in [6, 6.07) is 13.3.